The third-order valence-electron chi connectivity index (χ3n) is 4.39. The van der Waals surface area contributed by atoms with Crippen molar-refractivity contribution in [3.63, 3.8) is 0 Å². The van der Waals surface area contributed by atoms with Crippen LogP contribution in [-0.2, 0) is 14.6 Å². The van der Waals surface area contributed by atoms with Crippen LogP contribution >= 0.6 is 0 Å². The molecule has 1 aliphatic heterocycles. The molecule has 0 radical (unpaired) electrons. The summed E-state index contributed by atoms with van der Waals surface area (Å²) in [5, 5.41) is 2.52. The molecule has 0 atom stereocenters. The predicted molar refractivity (Wildman–Crippen MR) is 101 cm³/mol. The molecule has 1 saturated heterocycles. The molecule has 8 nitrogen and oxygen atoms in total. The average molecular weight is 391 g/mol. The number of furan rings is 1. The van der Waals surface area contributed by atoms with Crippen molar-refractivity contribution < 1.29 is 22.4 Å². The van der Waals surface area contributed by atoms with Crippen LogP contribution in [0.4, 0.5) is 11.4 Å². The van der Waals surface area contributed by atoms with Crippen molar-refractivity contribution in [3.8, 4) is 0 Å². The summed E-state index contributed by atoms with van der Waals surface area (Å²) >= 11 is 0. The third-order valence-corrected chi connectivity index (χ3v) is 5.34. The highest BCUT2D eigenvalue weighted by atomic mass is 32.2. The van der Waals surface area contributed by atoms with E-state index in [2.05, 4.69) is 10.2 Å². The highest BCUT2D eigenvalue weighted by Crippen LogP contribution is 2.27. The summed E-state index contributed by atoms with van der Waals surface area (Å²) in [6.07, 6.45) is 1.02. The maximum Gasteiger partial charge on any atom is 0.291 e. The number of nitrogens with one attached hydrogen (secondary N) is 1. The molecule has 1 N–H and O–H groups in total. The van der Waals surface area contributed by atoms with Crippen molar-refractivity contribution in [2.75, 3.05) is 42.7 Å². The number of anilines is 2. The van der Waals surface area contributed by atoms with Gasteiger partial charge in [-0.3, -0.25) is 9.59 Å². The van der Waals surface area contributed by atoms with E-state index >= 15 is 0 Å². The molecular weight excluding hydrogens is 370 g/mol. The van der Waals surface area contributed by atoms with Crippen molar-refractivity contribution in [3.05, 3.63) is 42.2 Å². The van der Waals surface area contributed by atoms with Gasteiger partial charge in [0.05, 0.1) is 11.4 Å². The molecule has 9 heteroatoms. The Morgan fingerprint density at radius 3 is 2.30 bits per heavy atom. The van der Waals surface area contributed by atoms with Crippen molar-refractivity contribution in [1.82, 2.24) is 4.90 Å². The second kappa shape index (κ2) is 7.43. The van der Waals surface area contributed by atoms with Gasteiger partial charge in [0.2, 0.25) is 20.8 Å². The van der Waals surface area contributed by atoms with Gasteiger partial charge in [0.1, 0.15) is 0 Å². The minimum absolute atomic E-state index is 0.0516. The lowest BCUT2D eigenvalue weighted by atomic mass is 10.2. The normalized spacial score (nSPS) is 14.9. The number of benzene rings is 1. The minimum Gasteiger partial charge on any atom is -0.440 e. The van der Waals surface area contributed by atoms with Gasteiger partial charge in [-0.1, -0.05) is 12.1 Å². The van der Waals surface area contributed by atoms with Crippen LogP contribution in [0, 0.1) is 0 Å². The number of hydrogen-bond acceptors (Lipinski definition) is 6. The quantitative estimate of drug-likeness (QED) is 0.850. The second-order valence-electron chi connectivity index (χ2n) is 6.36. The van der Waals surface area contributed by atoms with E-state index in [-0.39, 0.29) is 16.8 Å². The third kappa shape index (κ3) is 4.30. The first-order chi connectivity index (χ1) is 12.8. The average Bonchev–Trinajstić information content (AvgIpc) is 3.13. The molecule has 1 fully saturated rings. The summed E-state index contributed by atoms with van der Waals surface area (Å²) < 4.78 is 28.2. The number of carbonyl (C=O) groups excluding carboxylic acids is 2. The van der Waals surface area contributed by atoms with Gasteiger partial charge in [-0.25, -0.2) is 8.42 Å². The Balaban J connectivity index is 1.76. The number of hydrogen-bond donors (Lipinski definition) is 1. The van der Waals surface area contributed by atoms with Crippen LogP contribution in [0.15, 0.2) is 45.9 Å². The summed E-state index contributed by atoms with van der Waals surface area (Å²) in [7, 11) is -3.51. The summed E-state index contributed by atoms with van der Waals surface area (Å²) in [4.78, 5) is 27.8. The van der Waals surface area contributed by atoms with E-state index in [9.17, 15) is 18.0 Å². The lowest BCUT2D eigenvalue weighted by Crippen LogP contribution is -2.48. The first-order valence-corrected chi connectivity index (χ1v) is 10.4. The maximum absolute atomic E-state index is 12.5. The number of carbonyl (C=O) groups is 2. The zero-order valence-electron chi connectivity index (χ0n) is 15.1. The van der Waals surface area contributed by atoms with E-state index in [4.69, 9.17) is 4.42 Å². The van der Waals surface area contributed by atoms with Gasteiger partial charge in [-0.05, 0) is 24.3 Å². The van der Waals surface area contributed by atoms with Crippen LogP contribution in [0.1, 0.15) is 17.5 Å². The van der Waals surface area contributed by atoms with E-state index in [0.717, 1.165) is 11.9 Å². The molecule has 1 aliphatic rings. The molecule has 1 aromatic carbocycles. The number of sulfone groups is 1. The fourth-order valence-electron chi connectivity index (χ4n) is 2.94. The van der Waals surface area contributed by atoms with Crippen LogP contribution in [0.25, 0.3) is 0 Å². The summed E-state index contributed by atoms with van der Waals surface area (Å²) in [6.45, 7) is 4.11. The minimum atomic E-state index is -3.51. The molecule has 0 unspecified atom stereocenters. The van der Waals surface area contributed by atoms with Crippen molar-refractivity contribution in [1.29, 1.82) is 0 Å². The van der Waals surface area contributed by atoms with E-state index in [1.165, 1.54) is 12.1 Å². The highest BCUT2D eigenvalue weighted by Gasteiger charge is 2.22. The van der Waals surface area contributed by atoms with Gasteiger partial charge in [-0.15, -0.1) is 0 Å². The van der Waals surface area contributed by atoms with Crippen LogP contribution < -0.4 is 10.2 Å². The van der Waals surface area contributed by atoms with E-state index in [1.54, 1.807) is 24.0 Å². The van der Waals surface area contributed by atoms with E-state index in [0.29, 0.717) is 31.9 Å². The largest absolute Gasteiger partial charge is 0.440 e. The molecule has 0 saturated carbocycles. The molecular formula is C18H21N3O5S. The monoisotopic (exact) mass is 391 g/mol. The zero-order valence-corrected chi connectivity index (χ0v) is 16.0. The number of para-hydroxylation sites is 2. The molecule has 2 amide bonds. The number of amides is 2. The van der Waals surface area contributed by atoms with Gasteiger partial charge in [0, 0.05) is 39.4 Å². The van der Waals surface area contributed by atoms with Gasteiger partial charge in [0.25, 0.3) is 5.91 Å². The summed E-state index contributed by atoms with van der Waals surface area (Å²) in [5.41, 5.74) is 1.43. The SMILES string of the molecule is CC(=O)N1CCN(c2ccccc2NC(=O)c2ccc(S(C)(=O)=O)o2)CC1. The van der Waals surface area contributed by atoms with Crippen LogP contribution in [-0.4, -0.2) is 57.6 Å². The molecule has 2 aromatic rings. The van der Waals surface area contributed by atoms with E-state index in [1.807, 2.05) is 12.1 Å². The topological polar surface area (TPSA) is 99.9 Å². The Kier molecular flexibility index (Phi) is 5.22. The van der Waals surface area contributed by atoms with Crippen LogP contribution in [0.5, 0.6) is 0 Å². The maximum atomic E-state index is 12.5. The second-order valence-corrected chi connectivity index (χ2v) is 8.30. The fraction of sp³-hybridized carbons (Fsp3) is 0.333. The predicted octanol–water partition coefficient (Wildman–Crippen LogP) is 1.60. The van der Waals surface area contributed by atoms with Gasteiger partial charge >= 0.3 is 0 Å². The lowest BCUT2D eigenvalue weighted by Gasteiger charge is -2.36. The Hall–Kier alpha value is -2.81. The van der Waals surface area contributed by atoms with Crippen molar-refractivity contribution in [2.45, 2.75) is 12.0 Å². The standard InChI is InChI=1S/C18H21N3O5S/c1-13(22)20-9-11-21(12-10-20)15-6-4-3-5-14(15)19-18(23)16-7-8-17(26-16)27(2,24)25/h3-8H,9-12H2,1-2H3,(H,19,23). The molecule has 1 aromatic heterocycles. The van der Waals surface area contributed by atoms with Crippen LogP contribution in [0.2, 0.25) is 0 Å². The number of piperazine rings is 1. The Bertz CT molecular complexity index is 959. The molecule has 2 heterocycles. The summed E-state index contributed by atoms with van der Waals surface area (Å²) in [5.74, 6) is -0.554. The lowest BCUT2D eigenvalue weighted by molar-refractivity contribution is -0.129. The Morgan fingerprint density at radius 1 is 1.04 bits per heavy atom. The Morgan fingerprint density at radius 2 is 1.70 bits per heavy atom. The molecule has 0 aliphatic carbocycles. The van der Waals surface area contributed by atoms with Gasteiger partial charge < -0.3 is 19.5 Å². The van der Waals surface area contributed by atoms with Crippen molar-refractivity contribution in [2.24, 2.45) is 0 Å². The smallest absolute Gasteiger partial charge is 0.291 e. The van der Waals surface area contributed by atoms with Crippen molar-refractivity contribution >= 4 is 33.0 Å². The first kappa shape index (κ1) is 19.0. The molecule has 27 heavy (non-hydrogen) atoms. The Labute approximate surface area is 157 Å². The highest BCUT2D eigenvalue weighted by molar-refractivity contribution is 7.90. The molecule has 144 valence electrons. The zero-order chi connectivity index (χ0) is 19.6. The van der Waals surface area contributed by atoms with Gasteiger partial charge in [-0.2, -0.15) is 0 Å². The first-order valence-electron chi connectivity index (χ1n) is 8.46. The number of nitrogens with zero attached hydrogens (tertiary/aromatic N) is 2. The summed E-state index contributed by atoms with van der Waals surface area (Å²) in [6, 6.07) is 9.93. The van der Waals surface area contributed by atoms with Crippen LogP contribution in [0.3, 0.4) is 0 Å². The number of rotatable bonds is 4. The molecule has 0 spiro atoms. The van der Waals surface area contributed by atoms with Gasteiger partial charge in [0.15, 0.2) is 5.76 Å². The molecule has 3 rings (SSSR count). The fourth-order valence-corrected chi connectivity index (χ4v) is 3.50. The van der Waals surface area contributed by atoms with E-state index < -0.39 is 15.7 Å². The molecule has 0 bridgehead atoms.